The zero-order chi connectivity index (χ0) is 22.7. The first-order valence-electron chi connectivity index (χ1n) is 9.77. The van der Waals surface area contributed by atoms with E-state index >= 15 is 0 Å². The molecule has 3 amide bonds. The molecular weight excluding hydrogens is 390 g/mol. The molecule has 1 aromatic carbocycles. The van der Waals surface area contributed by atoms with Crippen LogP contribution in [0, 0.1) is 11.8 Å². The van der Waals surface area contributed by atoms with Gasteiger partial charge in [0.25, 0.3) is 0 Å². The summed E-state index contributed by atoms with van der Waals surface area (Å²) in [5.41, 5.74) is 0.818. The van der Waals surface area contributed by atoms with Crippen molar-refractivity contribution in [2.24, 2.45) is 11.8 Å². The highest BCUT2D eigenvalue weighted by Crippen LogP contribution is 2.07. The van der Waals surface area contributed by atoms with Crippen LogP contribution in [0.15, 0.2) is 30.3 Å². The van der Waals surface area contributed by atoms with E-state index in [1.165, 1.54) is 7.11 Å². The van der Waals surface area contributed by atoms with Gasteiger partial charge in [-0.15, -0.1) is 0 Å². The van der Waals surface area contributed by atoms with Crippen molar-refractivity contribution in [1.82, 2.24) is 16.0 Å². The molecule has 30 heavy (non-hydrogen) atoms. The summed E-state index contributed by atoms with van der Waals surface area (Å²) in [5, 5.41) is 7.53. The highest BCUT2D eigenvalue weighted by molar-refractivity contribution is 5.92. The van der Waals surface area contributed by atoms with Crippen LogP contribution in [-0.2, 0) is 30.5 Å². The molecule has 0 heterocycles. The lowest BCUT2D eigenvalue weighted by Crippen LogP contribution is -2.56. The van der Waals surface area contributed by atoms with Crippen LogP contribution in [0.25, 0.3) is 0 Å². The third-order valence-corrected chi connectivity index (χ3v) is 4.29. The van der Waals surface area contributed by atoms with Gasteiger partial charge in [0.1, 0.15) is 25.2 Å². The number of carbonyl (C=O) groups is 4. The summed E-state index contributed by atoms with van der Waals surface area (Å²) in [4.78, 5) is 48.4. The number of rotatable bonds is 10. The standard InChI is InChI=1S/C21H31N3O6/c1-13(2)17(19(26)24-18(14(3)4)20(27)29-5)23-16(25)11-22-21(28)30-12-15-9-7-6-8-10-15/h6-10,13-14,17-18H,11-12H2,1-5H3,(H,22,28)(H,23,25)(H,24,26)/t17-,18-/m0/s1. The number of methoxy groups -OCH3 is 1. The van der Waals surface area contributed by atoms with Gasteiger partial charge in [0, 0.05) is 0 Å². The summed E-state index contributed by atoms with van der Waals surface area (Å²) in [5.74, 6) is -2.06. The van der Waals surface area contributed by atoms with Crippen LogP contribution in [0.2, 0.25) is 0 Å². The maximum atomic E-state index is 12.6. The van der Waals surface area contributed by atoms with E-state index in [0.29, 0.717) is 0 Å². The Labute approximate surface area is 176 Å². The second kappa shape index (κ2) is 12.5. The molecule has 1 rings (SSSR count). The monoisotopic (exact) mass is 421 g/mol. The molecule has 0 aliphatic heterocycles. The molecule has 3 N–H and O–H groups in total. The lowest BCUT2D eigenvalue weighted by atomic mass is 10.00. The molecule has 0 spiro atoms. The Morgan fingerprint density at radius 1 is 0.900 bits per heavy atom. The average Bonchev–Trinajstić information content (AvgIpc) is 2.72. The number of hydrogen-bond acceptors (Lipinski definition) is 6. The number of hydrogen-bond donors (Lipinski definition) is 3. The second-order valence-electron chi connectivity index (χ2n) is 7.46. The third kappa shape index (κ3) is 8.50. The third-order valence-electron chi connectivity index (χ3n) is 4.29. The number of esters is 1. The molecule has 9 nitrogen and oxygen atoms in total. The van der Waals surface area contributed by atoms with Crippen LogP contribution in [0.4, 0.5) is 4.79 Å². The zero-order valence-corrected chi connectivity index (χ0v) is 18.1. The topological polar surface area (TPSA) is 123 Å². The fraction of sp³-hybridized carbons (Fsp3) is 0.524. The fourth-order valence-corrected chi connectivity index (χ4v) is 2.55. The SMILES string of the molecule is COC(=O)[C@@H](NC(=O)[C@@H](NC(=O)CNC(=O)OCc1ccccc1)C(C)C)C(C)C. The Bertz CT molecular complexity index is 721. The number of carbonyl (C=O) groups excluding carboxylic acids is 4. The Morgan fingerprint density at radius 2 is 1.50 bits per heavy atom. The van der Waals surface area contributed by atoms with Crippen molar-refractivity contribution >= 4 is 23.9 Å². The maximum Gasteiger partial charge on any atom is 0.407 e. The van der Waals surface area contributed by atoms with Crippen LogP contribution in [-0.4, -0.2) is 49.6 Å². The molecule has 0 saturated heterocycles. The van der Waals surface area contributed by atoms with E-state index in [0.717, 1.165) is 5.56 Å². The molecule has 0 aliphatic rings. The van der Waals surface area contributed by atoms with Crippen LogP contribution < -0.4 is 16.0 Å². The van der Waals surface area contributed by atoms with Gasteiger partial charge in [-0.05, 0) is 17.4 Å². The van der Waals surface area contributed by atoms with Crippen molar-refractivity contribution < 1.29 is 28.7 Å². The van der Waals surface area contributed by atoms with Gasteiger partial charge in [0.05, 0.1) is 7.11 Å². The predicted octanol–water partition coefficient (Wildman–Crippen LogP) is 1.37. The van der Waals surface area contributed by atoms with Crippen molar-refractivity contribution in [3.8, 4) is 0 Å². The minimum absolute atomic E-state index is 0.0788. The van der Waals surface area contributed by atoms with Gasteiger partial charge in [0.2, 0.25) is 11.8 Å². The van der Waals surface area contributed by atoms with Crippen molar-refractivity contribution in [3.63, 3.8) is 0 Å². The second-order valence-corrected chi connectivity index (χ2v) is 7.46. The summed E-state index contributed by atoms with van der Waals surface area (Å²) in [6, 6.07) is 7.41. The molecule has 0 unspecified atom stereocenters. The quantitative estimate of drug-likeness (QED) is 0.491. The maximum absolute atomic E-state index is 12.6. The van der Waals surface area contributed by atoms with Crippen LogP contribution in [0.1, 0.15) is 33.3 Å². The molecule has 0 bridgehead atoms. The Hall–Kier alpha value is -3.10. The summed E-state index contributed by atoms with van der Waals surface area (Å²) >= 11 is 0. The van der Waals surface area contributed by atoms with Crippen LogP contribution in [0.3, 0.4) is 0 Å². The molecule has 0 radical (unpaired) electrons. The first-order chi connectivity index (χ1) is 14.1. The van der Waals surface area contributed by atoms with Crippen LogP contribution >= 0.6 is 0 Å². The van der Waals surface area contributed by atoms with Gasteiger partial charge in [-0.1, -0.05) is 58.0 Å². The van der Waals surface area contributed by atoms with Gasteiger partial charge in [-0.25, -0.2) is 9.59 Å². The van der Waals surface area contributed by atoms with Gasteiger partial charge < -0.3 is 25.4 Å². The fourth-order valence-electron chi connectivity index (χ4n) is 2.55. The summed E-state index contributed by atoms with van der Waals surface area (Å²) in [6.45, 7) is 6.79. The van der Waals surface area contributed by atoms with E-state index in [9.17, 15) is 19.2 Å². The van der Waals surface area contributed by atoms with Gasteiger partial charge in [0.15, 0.2) is 0 Å². The van der Waals surface area contributed by atoms with E-state index in [1.54, 1.807) is 27.7 Å². The van der Waals surface area contributed by atoms with Gasteiger partial charge >= 0.3 is 12.1 Å². The highest BCUT2D eigenvalue weighted by Gasteiger charge is 2.30. The van der Waals surface area contributed by atoms with E-state index < -0.39 is 36.0 Å². The number of ether oxygens (including phenoxy) is 2. The molecule has 2 atom stereocenters. The molecular formula is C21H31N3O6. The van der Waals surface area contributed by atoms with Crippen molar-refractivity contribution in [1.29, 1.82) is 0 Å². The van der Waals surface area contributed by atoms with E-state index in [4.69, 9.17) is 9.47 Å². The number of nitrogens with one attached hydrogen (secondary N) is 3. The Kier molecular flexibility index (Phi) is 10.4. The predicted molar refractivity (Wildman–Crippen MR) is 110 cm³/mol. The van der Waals surface area contributed by atoms with Gasteiger partial charge in [-0.3, -0.25) is 9.59 Å². The lowest BCUT2D eigenvalue weighted by molar-refractivity contribution is -0.146. The first-order valence-corrected chi connectivity index (χ1v) is 9.77. The van der Waals surface area contributed by atoms with Crippen LogP contribution in [0.5, 0.6) is 0 Å². The van der Waals surface area contributed by atoms with E-state index in [-0.39, 0.29) is 25.0 Å². The first kappa shape index (κ1) is 24.9. The number of benzene rings is 1. The summed E-state index contributed by atoms with van der Waals surface area (Å²) in [6.07, 6.45) is -0.745. The minimum Gasteiger partial charge on any atom is -0.467 e. The molecule has 0 saturated carbocycles. The summed E-state index contributed by atoms with van der Waals surface area (Å²) < 4.78 is 9.75. The molecule has 1 aromatic rings. The average molecular weight is 421 g/mol. The molecule has 166 valence electrons. The smallest absolute Gasteiger partial charge is 0.407 e. The number of alkyl carbamates (subject to hydrolysis) is 1. The Morgan fingerprint density at radius 3 is 2.03 bits per heavy atom. The highest BCUT2D eigenvalue weighted by atomic mass is 16.5. The van der Waals surface area contributed by atoms with Crippen molar-refractivity contribution in [3.05, 3.63) is 35.9 Å². The largest absolute Gasteiger partial charge is 0.467 e. The molecule has 0 aliphatic carbocycles. The molecule has 9 heteroatoms. The molecule has 0 fully saturated rings. The number of amides is 3. The van der Waals surface area contributed by atoms with E-state index in [2.05, 4.69) is 16.0 Å². The summed E-state index contributed by atoms with van der Waals surface area (Å²) in [7, 11) is 1.24. The van der Waals surface area contributed by atoms with E-state index in [1.807, 2.05) is 30.3 Å². The van der Waals surface area contributed by atoms with Crippen molar-refractivity contribution in [2.45, 2.75) is 46.4 Å². The lowest BCUT2D eigenvalue weighted by Gasteiger charge is -2.26. The van der Waals surface area contributed by atoms with Crippen molar-refractivity contribution in [2.75, 3.05) is 13.7 Å². The molecule has 0 aromatic heterocycles. The zero-order valence-electron chi connectivity index (χ0n) is 18.1. The Balaban J connectivity index is 2.54. The van der Waals surface area contributed by atoms with Gasteiger partial charge in [-0.2, -0.15) is 0 Å². The minimum atomic E-state index is -0.884. The normalized spacial score (nSPS) is 12.6.